The van der Waals surface area contributed by atoms with Gasteiger partial charge in [-0.25, -0.2) is 0 Å². The van der Waals surface area contributed by atoms with Crippen molar-refractivity contribution in [2.45, 2.75) is 43.0 Å². The molecule has 3 atom stereocenters. The summed E-state index contributed by atoms with van der Waals surface area (Å²) in [6, 6.07) is 8.59. The fraction of sp³-hybridized carbons (Fsp3) is 0.588. The van der Waals surface area contributed by atoms with Crippen LogP contribution in [0.4, 0.5) is 0 Å². The van der Waals surface area contributed by atoms with Crippen molar-refractivity contribution < 1.29 is 4.79 Å². The average Bonchev–Trinajstić information content (AvgIpc) is 2.53. The first-order valence-electron chi connectivity index (χ1n) is 7.93. The Hall–Kier alpha value is -1.00. The topological polar surface area (TPSA) is 46.3 Å². The Morgan fingerprint density at radius 1 is 1.38 bits per heavy atom. The van der Waals surface area contributed by atoms with Crippen molar-refractivity contribution in [1.29, 1.82) is 0 Å². The number of nitrogens with two attached hydrogens (primary N) is 1. The highest BCUT2D eigenvalue weighted by atomic mass is 32.2. The summed E-state index contributed by atoms with van der Waals surface area (Å²) in [6.07, 6.45) is 3.10. The van der Waals surface area contributed by atoms with E-state index >= 15 is 0 Å². The lowest BCUT2D eigenvalue weighted by Gasteiger charge is -2.40. The van der Waals surface area contributed by atoms with Crippen LogP contribution in [0.2, 0.25) is 0 Å². The van der Waals surface area contributed by atoms with E-state index in [0.717, 1.165) is 31.6 Å². The van der Waals surface area contributed by atoms with Gasteiger partial charge in [0.15, 0.2) is 0 Å². The van der Waals surface area contributed by atoms with Gasteiger partial charge in [0.05, 0.1) is 5.92 Å². The van der Waals surface area contributed by atoms with Crippen LogP contribution in [0.5, 0.6) is 0 Å². The third-order valence-electron chi connectivity index (χ3n) is 4.79. The Morgan fingerprint density at radius 3 is 3.00 bits per heavy atom. The molecule has 2 aliphatic heterocycles. The van der Waals surface area contributed by atoms with E-state index in [2.05, 4.69) is 30.0 Å². The van der Waals surface area contributed by atoms with Crippen LogP contribution in [0.15, 0.2) is 29.2 Å². The molecule has 1 fully saturated rings. The molecule has 1 saturated heterocycles. The summed E-state index contributed by atoms with van der Waals surface area (Å²) in [4.78, 5) is 16.4. The minimum atomic E-state index is 0.0323. The van der Waals surface area contributed by atoms with Gasteiger partial charge < -0.3 is 10.6 Å². The lowest BCUT2D eigenvalue weighted by Crippen LogP contribution is -2.51. The number of carbonyl (C=O) groups is 1. The molecular formula is C17H24N2OS. The summed E-state index contributed by atoms with van der Waals surface area (Å²) in [5, 5.41) is 0. The Morgan fingerprint density at radius 2 is 2.19 bits per heavy atom. The molecule has 3 rings (SSSR count). The number of benzene rings is 1. The zero-order valence-corrected chi connectivity index (χ0v) is 13.4. The second-order valence-corrected chi connectivity index (χ2v) is 7.42. The van der Waals surface area contributed by atoms with E-state index in [1.54, 1.807) is 0 Å². The summed E-state index contributed by atoms with van der Waals surface area (Å²) < 4.78 is 0. The Labute approximate surface area is 131 Å². The quantitative estimate of drug-likeness (QED) is 0.914. The van der Waals surface area contributed by atoms with Crippen molar-refractivity contribution in [3.63, 3.8) is 0 Å². The first-order chi connectivity index (χ1) is 10.2. The van der Waals surface area contributed by atoms with Crippen molar-refractivity contribution in [3.05, 3.63) is 29.8 Å². The molecule has 2 heterocycles. The minimum absolute atomic E-state index is 0.0323. The number of amides is 1. The number of rotatable bonds is 2. The maximum absolute atomic E-state index is 13.1. The largest absolute Gasteiger partial charge is 0.338 e. The zero-order chi connectivity index (χ0) is 14.8. The number of hydrogen-bond acceptors (Lipinski definition) is 3. The van der Waals surface area contributed by atoms with Gasteiger partial charge in [-0.3, -0.25) is 4.79 Å². The van der Waals surface area contributed by atoms with Crippen LogP contribution in [0.25, 0.3) is 0 Å². The van der Waals surface area contributed by atoms with Crippen molar-refractivity contribution in [1.82, 2.24) is 4.90 Å². The third kappa shape index (κ3) is 2.97. The van der Waals surface area contributed by atoms with E-state index in [1.165, 1.54) is 10.5 Å². The molecule has 114 valence electrons. The summed E-state index contributed by atoms with van der Waals surface area (Å²) >= 11 is 1.87. The van der Waals surface area contributed by atoms with E-state index in [1.807, 2.05) is 17.8 Å². The lowest BCUT2D eigenvalue weighted by atomic mass is 9.88. The summed E-state index contributed by atoms with van der Waals surface area (Å²) in [5.74, 6) is 2.04. The maximum Gasteiger partial charge on any atom is 0.230 e. The summed E-state index contributed by atoms with van der Waals surface area (Å²) in [7, 11) is 0. The highest BCUT2D eigenvalue weighted by Gasteiger charge is 2.35. The molecule has 1 aromatic rings. The molecule has 2 N–H and O–H groups in total. The molecular weight excluding hydrogens is 280 g/mol. The van der Waals surface area contributed by atoms with E-state index < -0.39 is 0 Å². The molecule has 0 spiro atoms. The number of fused-ring (bicyclic) bond motifs is 1. The van der Waals surface area contributed by atoms with Gasteiger partial charge in [0.1, 0.15) is 0 Å². The Kier molecular flexibility index (Phi) is 4.55. The van der Waals surface area contributed by atoms with Gasteiger partial charge in [-0.05, 0) is 42.6 Å². The maximum atomic E-state index is 13.1. The molecule has 3 nitrogen and oxygen atoms in total. The molecule has 1 amide bonds. The van der Waals surface area contributed by atoms with Crippen LogP contribution in [0, 0.1) is 5.92 Å². The molecule has 0 radical (unpaired) electrons. The SMILES string of the molecule is CC1CCN(C(=O)C2CCSc3ccccc32)C(CN)C1. The smallest absolute Gasteiger partial charge is 0.230 e. The normalized spacial score (nSPS) is 29.0. The highest BCUT2D eigenvalue weighted by Crippen LogP contribution is 2.39. The summed E-state index contributed by atoms with van der Waals surface area (Å²) in [6.45, 7) is 3.71. The van der Waals surface area contributed by atoms with Crippen LogP contribution in [-0.2, 0) is 4.79 Å². The second-order valence-electron chi connectivity index (χ2n) is 6.28. The van der Waals surface area contributed by atoms with Gasteiger partial charge in [-0.2, -0.15) is 0 Å². The predicted molar refractivity (Wildman–Crippen MR) is 87.5 cm³/mol. The van der Waals surface area contributed by atoms with Crippen LogP contribution in [-0.4, -0.2) is 35.7 Å². The first kappa shape index (κ1) is 14.9. The van der Waals surface area contributed by atoms with Crippen molar-refractivity contribution >= 4 is 17.7 Å². The number of likely N-dealkylation sites (tertiary alicyclic amines) is 1. The number of hydrogen-bond donors (Lipinski definition) is 1. The monoisotopic (exact) mass is 304 g/mol. The molecule has 1 aromatic carbocycles. The standard InChI is InChI=1S/C17H24N2OS/c1-12-6-8-19(13(10-12)11-18)17(20)15-7-9-21-16-5-3-2-4-14(15)16/h2-5,12-13,15H,6-11,18H2,1H3. The van der Waals surface area contributed by atoms with Crippen LogP contribution >= 0.6 is 11.8 Å². The van der Waals surface area contributed by atoms with Gasteiger partial charge in [0.2, 0.25) is 5.91 Å². The first-order valence-corrected chi connectivity index (χ1v) is 8.91. The van der Waals surface area contributed by atoms with Gasteiger partial charge in [-0.15, -0.1) is 11.8 Å². The average molecular weight is 304 g/mol. The number of thioether (sulfide) groups is 1. The molecule has 0 saturated carbocycles. The Bertz CT molecular complexity index is 519. The van der Waals surface area contributed by atoms with Gasteiger partial charge in [-0.1, -0.05) is 25.1 Å². The predicted octanol–water partition coefficient (Wildman–Crippen LogP) is 2.85. The second kappa shape index (κ2) is 6.41. The Balaban J connectivity index is 1.82. The number of nitrogens with zero attached hydrogens (tertiary/aromatic N) is 1. The molecule has 3 unspecified atom stereocenters. The fourth-order valence-electron chi connectivity index (χ4n) is 3.56. The van der Waals surface area contributed by atoms with Crippen molar-refractivity contribution in [2.75, 3.05) is 18.8 Å². The molecule has 2 aliphatic rings. The van der Waals surface area contributed by atoms with E-state index in [-0.39, 0.29) is 12.0 Å². The lowest BCUT2D eigenvalue weighted by molar-refractivity contribution is -0.137. The summed E-state index contributed by atoms with van der Waals surface area (Å²) in [5.41, 5.74) is 7.14. The van der Waals surface area contributed by atoms with E-state index in [9.17, 15) is 4.79 Å². The third-order valence-corrected chi connectivity index (χ3v) is 5.91. The van der Waals surface area contributed by atoms with Crippen LogP contribution < -0.4 is 5.73 Å². The number of piperidine rings is 1. The van der Waals surface area contributed by atoms with Crippen molar-refractivity contribution in [2.24, 2.45) is 11.7 Å². The van der Waals surface area contributed by atoms with E-state index in [4.69, 9.17) is 5.73 Å². The van der Waals surface area contributed by atoms with Crippen LogP contribution in [0.1, 0.15) is 37.7 Å². The van der Waals surface area contributed by atoms with Crippen molar-refractivity contribution in [3.8, 4) is 0 Å². The molecule has 4 heteroatoms. The minimum Gasteiger partial charge on any atom is -0.338 e. The zero-order valence-electron chi connectivity index (χ0n) is 12.6. The van der Waals surface area contributed by atoms with Crippen LogP contribution in [0.3, 0.4) is 0 Å². The molecule has 0 aromatic heterocycles. The molecule has 21 heavy (non-hydrogen) atoms. The highest BCUT2D eigenvalue weighted by molar-refractivity contribution is 7.99. The molecule has 0 aliphatic carbocycles. The van der Waals surface area contributed by atoms with E-state index in [0.29, 0.717) is 18.4 Å². The van der Waals surface area contributed by atoms with Gasteiger partial charge >= 0.3 is 0 Å². The van der Waals surface area contributed by atoms with Gasteiger partial charge in [0.25, 0.3) is 0 Å². The fourth-order valence-corrected chi connectivity index (χ4v) is 4.69. The van der Waals surface area contributed by atoms with Gasteiger partial charge in [0, 0.05) is 24.0 Å². The molecule has 0 bridgehead atoms. The number of carbonyl (C=O) groups excluding carboxylic acids is 1.